The summed E-state index contributed by atoms with van der Waals surface area (Å²) in [7, 11) is 0. The second kappa shape index (κ2) is 5.31. The molecule has 0 bridgehead atoms. The largest absolute Gasteiger partial charge is 0.321 e. The Balaban J connectivity index is 1.73. The number of piperazine rings is 1. The number of nitrogens with one attached hydrogen (secondary N) is 1. The van der Waals surface area contributed by atoms with Crippen molar-refractivity contribution >= 4 is 17.7 Å². The third kappa shape index (κ3) is 2.55. The fourth-order valence-corrected chi connectivity index (χ4v) is 3.05. The molecule has 110 valence electrons. The summed E-state index contributed by atoms with van der Waals surface area (Å²) in [6.45, 7) is 1.84. The minimum absolute atomic E-state index is 0.0128. The molecule has 0 spiro atoms. The molecule has 1 aliphatic heterocycles. The van der Waals surface area contributed by atoms with E-state index in [2.05, 4.69) is 5.32 Å². The molecule has 3 amide bonds. The highest BCUT2D eigenvalue weighted by atomic mass is 16.2. The molecular weight excluding hydrogens is 268 g/mol. The van der Waals surface area contributed by atoms with E-state index in [1.54, 1.807) is 0 Å². The van der Waals surface area contributed by atoms with E-state index in [0.717, 1.165) is 12.0 Å². The molecule has 0 radical (unpaired) electrons. The first-order chi connectivity index (χ1) is 10.1. The average molecular weight is 286 g/mol. The van der Waals surface area contributed by atoms with Crippen molar-refractivity contribution in [3.05, 3.63) is 35.9 Å². The van der Waals surface area contributed by atoms with Crippen LogP contribution in [0.4, 0.5) is 0 Å². The fraction of sp³-hybridized carbons (Fsp3) is 0.438. The molecule has 1 aromatic carbocycles. The zero-order valence-electron chi connectivity index (χ0n) is 11.9. The van der Waals surface area contributed by atoms with Gasteiger partial charge >= 0.3 is 0 Å². The number of carbonyl (C=O) groups is 3. The van der Waals surface area contributed by atoms with E-state index in [0.29, 0.717) is 6.42 Å². The van der Waals surface area contributed by atoms with Crippen molar-refractivity contribution in [2.75, 3.05) is 6.54 Å². The Kier molecular flexibility index (Phi) is 3.49. The lowest BCUT2D eigenvalue weighted by Crippen LogP contribution is -2.59. The summed E-state index contributed by atoms with van der Waals surface area (Å²) in [4.78, 5) is 37.4. The van der Waals surface area contributed by atoms with Gasteiger partial charge in [0, 0.05) is 5.92 Å². The third-order valence-electron chi connectivity index (χ3n) is 4.26. The summed E-state index contributed by atoms with van der Waals surface area (Å²) >= 11 is 0. The summed E-state index contributed by atoms with van der Waals surface area (Å²) in [6.07, 6.45) is 1.32. The first-order valence-corrected chi connectivity index (χ1v) is 7.31. The number of imide groups is 1. The average Bonchev–Trinajstić information content (AvgIpc) is 3.27. The first-order valence-electron chi connectivity index (χ1n) is 7.31. The van der Waals surface area contributed by atoms with Gasteiger partial charge in [-0.15, -0.1) is 0 Å². The van der Waals surface area contributed by atoms with Crippen LogP contribution in [-0.2, 0) is 14.4 Å². The van der Waals surface area contributed by atoms with Gasteiger partial charge in [0.2, 0.25) is 17.7 Å². The van der Waals surface area contributed by atoms with E-state index in [9.17, 15) is 14.4 Å². The Labute approximate surface area is 123 Å². The summed E-state index contributed by atoms with van der Waals surface area (Å²) in [6, 6.07) is 9.38. The fourth-order valence-electron chi connectivity index (χ4n) is 3.05. The van der Waals surface area contributed by atoms with E-state index in [1.807, 2.05) is 37.3 Å². The number of hydrogen-bond acceptors (Lipinski definition) is 3. The maximum atomic E-state index is 12.6. The maximum Gasteiger partial charge on any atom is 0.249 e. The van der Waals surface area contributed by atoms with Crippen molar-refractivity contribution in [1.82, 2.24) is 10.2 Å². The van der Waals surface area contributed by atoms with Gasteiger partial charge in [0.25, 0.3) is 0 Å². The predicted octanol–water partition coefficient (Wildman–Crippen LogP) is 1.05. The van der Waals surface area contributed by atoms with Gasteiger partial charge in [0.15, 0.2) is 0 Å². The van der Waals surface area contributed by atoms with Crippen molar-refractivity contribution in [1.29, 1.82) is 0 Å². The van der Waals surface area contributed by atoms with Gasteiger partial charge in [-0.3, -0.25) is 19.7 Å². The molecule has 3 rings (SSSR count). The monoisotopic (exact) mass is 286 g/mol. The zero-order valence-corrected chi connectivity index (χ0v) is 11.9. The van der Waals surface area contributed by atoms with Gasteiger partial charge < -0.3 is 4.90 Å². The molecule has 1 saturated carbocycles. The van der Waals surface area contributed by atoms with Gasteiger partial charge in [-0.05, 0) is 24.3 Å². The van der Waals surface area contributed by atoms with Crippen LogP contribution in [0, 0.1) is 5.92 Å². The molecule has 3 unspecified atom stereocenters. The number of benzene rings is 1. The van der Waals surface area contributed by atoms with Crippen molar-refractivity contribution in [2.45, 2.75) is 31.7 Å². The van der Waals surface area contributed by atoms with Crippen molar-refractivity contribution in [3.63, 3.8) is 0 Å². The van der Waals surface area contributed by atoms with Crippen LogP contribution >= 0.6 is 0 Å². The Morgan fingerprint density at radius 2 is 2.00 bits per heavy atom. The summed E-state index contributed by atoms with van der Waals surface area (Å²) in [5.41, 5.74) is 1.15. The Morgan fingerprint density at radius 1 is 1.29 bits per heavy atom. The van der Waals surface area contributed by atoms with E-state index in [1.165, 1.54) is 4.90 Å². The Hall–Kier alpha value is -2.17. The van der Waals surface area contributed by atoms with Gasteiger partial charge in [-0.25, -0.2) is 0 Å². The summed E-state index contributed by atoms with van der Waals surface area (Å²) in [5, 5.41) is 2.30. The first kappa shape index (κ1) is 13.8. The Morgan fingerprint density at radius 3 is 2.67 bits per heavy atom. The molecule has 1 N–H and O–H groups in total. The molecule has 21 heavy (non-hydrogen) atoms. The van der Waals surface area contributed by atoms with Crippen LogP contribution in [0.25, 0.3) is 0 Å². The van der Waals surface area contributed by atoms with Crippen LogP contribution in [-0.4, -0.2) is 35.2 Å². The lowest BCUT2D eigenvalue weighted by molar-refractivity contribution is -0.150. The topological polar surface area (TPSA) is 66.5 Å². The quantitative estimate of drug-likeness (QED) is 0.845. The van der Waals surface area contributed by atoms with E-state index in [4.69, 9.17) is 0 Å². The Bertz CT molecular complexity index is 584. The van der Waals surface area contributed by atoms with Gasteiger partial charge in [-0.1, -0.05) is 37.3 Å². The molecule has 1 heterocycles. The highest BCUT2D eigenvalue weighted by Crippen LogP contribution is 2.48. The minimum Gasteiger partial charge on any atom is -0.321 e. The second-order valence-electron chi connectivity index (χ2n) is 5.66. The van der Waals surface area contributed by atoms with Gasteiger partial charge in [0.1, 0.15) is 12.6 Å². The molecule has 3 atom stereocenters. The molecular formula is C16H18N2O3. The molecule has 5 heteroatoms. The SMILES string of the molecule is CCC1C(=O)NC(=O)CN1C(=O)C1CC1c1ccccc1. The van der Waals surface area contributed by atoms with Crippen LogP contribution in [0.1, 0.15) is 31.2 Å². The van der Waals surface area contributed by atoms with E-state index < -0.39 is 11.9 Å². The number of amides is 3. The number of hydrogen-bond donors (Lipinski definition) is 1. The van der Waals surface area contributed by atoms with Crippen LogP contribution in [0.5, 0.6) is 0 Å². The van der Waals surface area contributed by atoms with Crippen LogP contribution < -0.4 is 5.32 Å². The van der Waals surface area contributed by atoms with Gasteiger partial charge in [-0.2, -0.15) is 0 Å². The lowest BCUT2D eigenvalue weighted by atomic mass is 10.1. The molecule has 1 saturated heterocycles. The second-order valence-corrected chi connectivity index (χ2v) is 5.66. The zero-order chi connectivity index (χ0) is 15.0. The van der Waals surface area contributed by atoms with Crippen molar-refractivity contribution < 1.29 is 14.4 Å². The van der Waals surface area contributed by atoms with Crippen molar-refractivity contribution in [3.8, 4) is 0 Å². The third-order valence-corrected chi connectivity index (χ3v) is 4.26. The minimum atomic E-state index is -0.521. The summed E-state index contributed by atoms with van der Waals surface area (Å²) < 4.78 is 0. The smallest absolute Gasteiger partial charge is 0.249 e. The molecule has 1 aromatic rings. The lowest BCUT2D eigenvalue weighted by Gasteiger charge is -2.33. The van der Waals surface area contributed by atoms with Gasteiger partial charge in [0.05, 0.1) is 0 Å². The molecule has 5 nitrogen and oxygen atoms in total. The standard InChI is InChI=1S/C16H18N2O3/c1-2-13-15(20)17-14(19)9-18(13)16(21)12-8-11(12)10-6-4-3-5-7-10/h3-7,11-13H,2,8-9H2,1H3,(H,17,19,20). The number of rotatable bonds is 3. The van der Waals surface area contributed by atoms with Crippen LogP contribution in [0.2, 0.25) is 0 Å². The molecule has 2 aliphatic rings. The number of carbonyl (C=O) groups excluding carboxylic acids is 3. The normalized spacial score (nSPS) is 28.2. The molecule has 2 fully saturated rings. The highest BCUT2D eigenvalue weighted by Gasteiger charge is 2.48. The van der Waals surface area contributed by atoms with Crippen molar-refractivity contribution in [2.24, 2.45) is 5.92 Å². The van der Waals surface area contributed by atoms with Crippen LogP contribution in [0.15, 0.2) is 30.3 Å². The van der Waals surface area contributed by atoms with E-state index >= 15 is 0 Å². The summed E-state index contributed by atoms with van der Waals surface area (Å²) in [5.74, 6) is -0.704. The predicted molar refractivity (Wildman–Crippen MR) is 76.2 cm³/mol. The molecule has 1 aliphatic carbocycles. The maximum absolute atomic E-state index is 12.6. The molecule has 0 aromatic heterocycles. The highest BCUT2D eigenvalue weighted by molar-refractivity contribution is 6.04. The number of nitrogens with zero attached hydrogens (tertiary/aromatic N) is 1. The van der Waals surface area contributed by atoms with E-state index in [-0.39, 0.29) is 30.2 Å². The van der Waals surface area contributed by atoms with Crippen LogP contribution in [0.3, 0.4) is 0 Å².